The minimum atomic E-state index is -0.509. The van der Waals surface area contributed by atoms with Crippen molar-refractivity contribution in [3.8, 4) is 0 Å². The smallest absolute Gasteiger partial charge is 0.328 e. The molecule has 1 aliphatic rings. The average Bonchev–Trinajstić information content (AvgIpc) is 2.28. The Morgan fingerprint density at radius 3 is 2.83 bits per heavy atom. The summed E-state index contributed by atoms with van der Waals surface area (Å²) in [5.41, 5.74) is -0.955. The quantitative estimate of drug-likeness (QED) is 0.776. The fourth-order valence-corrected chi connectivity index (χ4v) is 2.28. The third-order valence-electron chi connectivity index (χ3n) is 3.21. The molecule has 6 nitrogen and oxygen atoms in total. The zero-order chi connectivity index (χ0) is 13.3. The second-order valence-electron chi connectivity index (χ2n) is 4.60. The summed E-state index contributed by atoms with van der Waals surface area (Å²) in [7, 11) is 0. The Labute approximate surface area is 104 Å². The fourth-order valence-electron chi connectivity index (χ4n) is 2.28. The molecule has 1 aromatic heterocycles. The van der Waals surface area contributed by atoms with Gasteiger partial charge in [0.1, 0.15) is 0 Å². The minimum absolute atomic E-state index is 0.0102. The van der Waals surface area contributed by atoms with Gasteiger partial charge in [-0.15, -0.1) is 0 Å². The summed E-state index contributed by atoms with van der Waals surface area (Å²) < 4.78 is 6.54. The number of nitrogens with one attached hydrogen (secondary N) is 1. The Balaban J connectivity index is 2.49. The average molecular weight is 252 g/mol. The Morgan fingerprint density at radius 2 is 2.22 bits per heavy atom. The van der Waals surface area contributed by atoms with Crippen molar-refractivity contribution in [2.24, 2.45) is 0 Å². The molecule has 2 rings (SSSR count). The van der Waals surface area contributed by atoms with E-state index >= 15 is 0 Å². The number of nitrogens with zero attached hydrogens (tertiary/aromatic N) is 1. The number of Topliss-reactive ketones (excluding diaryl/α,β-unsaturated/α-hetero) is 1. The summed E-state index contributed by atoms with van der Waals surface area (Å²) >= 11 is 0. The van der Waals surface area contributed by atoms with Gasteiger partial charge in [0.25, 0.3) is 5.56 Å². The Morgan fingerprint density at radius 1 is 1.50 bits per heavy atom. The van der Waals surface area contributed by atoms with E-state index in [0.29, 0.717) is 19.4 Å². The van der Waals surface area contributed by atoms with Gasteiger partial charge in [0.05, 0.1) is 11.7 Å². The second kappa shape index (κ2) is 4.89. The third-order valence-corrected chi connectivity index (χ3v) is 3.21. The van der Waals surface area contributed by atoms with Crippen LogP contribution in [0.2, 0.25) is 0 Å². The zero-order valence-corrected chi connectivity index (χ0v) is 10.4. The molecule has 6 heteroatoms. The lowest BCUT2D eigenvalue weighted by molar-refractivity contribution is 0.00437. The highest BCUT2D eigenvalue weighted by Gasteiger charge is 2.24. The lowest BCUT2D eigenvalue weighted by Crippen LogP contribution is -2.43. The van der Waals surface area contributed by atoms with E-state index in [1.54, 1.807) is 0 Å². The van der Waals surface area contributed by atoms with Gasteiger partial charge < -0.3 is 9.72 Å². The predicted octanol–water partition coefficient (Wildman–Crippen LogP) is 0.479. The molecule has 2 heterocycles. The number of carbonyl (C=O) groups is 1. The van der Waals surface area contributed by atoms with Crippen molar-refractivity contribution in [2.45, 2.75) is 38.8 Å². The molecule has 0 aromatic carbocycles. The molecule has 2 unspecified atom stereocenters. The van der Waals surface area contributed by atoms with Crippen LogP contribution in [0.5, 0.6) is 0 Å². The van der Waals surface area contributed by atoms with Gasteiger partial charge in [-0.25, -0.2) is 4.79 Å². The first-order valence-electron chi connectivity index (χ1n) is 5.97. The summed E-state index contributed by atoms with van der Waals surface area (Å²) in [6, 6.07) is -0.204. The van der Waals surface area contributed by atoms with E-state index in [0.717, 1.165) is 4.57 Å². The molecule has 0 aliphatic carbocycles. The van der Waals surface area contributed by atoms with Gasteiger partial charge in [0.15, 0.2) is 5.78 Å². The largest absolute Gasteiger partial charge is 0.378 e. The highest BCUT2D eigenvalue weighted by Crippen LogP contribution is 2.22. The van der Waals surface area contributed by atoms with Crippen molar-refractivity contribution in [1.82, 2.24) is 9.55 Å². The summed E-state index contributed by atoms with van der Waals surface area (Å²) in [6.07, 6.45) is 2.40. The van der Waals surface area contributed by atoms with Gasteiger partial charge in [-0.2, -0.15) is 0 Å². The van der Waals surface area contributed by atoms with Crippen LogP contribution in [0.4, 0.5) is 0 Å². The number of H-pyrrole nitrogens is 1. The first kappa shape index (κ1) is 12.8. The van der Waals surface area contributed by atoms with Crippen LogP contribution in [-0.2, 0) is 4.74 Å². The Bertz CT molecular complexity index is 572. The SMILES string of the molecule is CC(=O)c1c[nH]c(=O)n(C2CCOC(C)C2)c1=O. The summed E-state index contributed by atoms with van der Waals surface area (Å²) in [4.78, 5) is 37.7. The van der Waals surface area contributed by atoms with Crippen LogP contribution in [0.3, 0.4) is 0 Å². The van der Waals surface area contributed by atoms with Crippen LogP contribution < -0.4 is 11.2 Å². The second-order valence-corrected chi connectivity index (χ2v) is 4.60. The highest BCUT2D eigenvalue weighted by molar-refractivity contribution is 5.93. The Hall–Kier alpha value is -1.69. The highest BCUT2D eigenvalue weighted by atomic mass is 16.5. The van der Waals surface area contributed by atoms with Crippen LogP contribution in [0.1, 0.15) is 43.1 Å². The van der Waals surface area contributed by atoms with E-state index in [9.17, 15) is 14.4 Å². The summed E-state index contributed by atoms with van der Waals surface area (Å²) in [5, 5.41) is 0. The molecule has 0 amide bonds. The molecule has 18 heavy (non-hydrogen) atoms. The molecule has 1 aromatic rings. The van der Waals surface area contributed by atoms with Gasteiger partial charge in [0, 0.05) is 18.8 Å². The van der Waals surface area contributed by atoms with E-state index < -0.39 is 11.2 Å². The maximum Gasteiger partial charge on any atom is 0.328 e. The van der Waals surface area contributed by atoms with Crippen molar-refractivity contribution >= 4 is 5.78 Å². The van der Waals surface area contributed by atoms with E-state index in [2.05, 4.69) is 4.98 Å². The normalized spacial score (nSPS) is 23.9. The maximum atomic E-state index is 12.1. The molecule has 0 spiro atoms. The monoisotopic (exact) mass is 252 g/mol. The van der Waals surface area contributed by atoms with E-state index in [1.165, 1.54) is 13.1 Å². The lowest BCUT2D eigenvalue weighted by Gasteiger charge is -2.28. The lowest BCUT2D eigenvalue weighted by atomic mass is 10.0. The fraction of sp³-hybridized carbons (Fsp3) is 0.583. The number of aromatic amines is 1. The van der Waals surface area contributed by atoms with Gasteiger partial charge >= 0.3 is 5.69 Å². The first-order chi connectivity index (χ1) is 8.50. The van der Waals surface area contributed by atoms with E-state index in [1.807, 2.05) is 6.92 Å². The minimum Gasteiger partial charge on any atom is -0.378 e. The number of hydrogen-bond acceptors (Lipinski definition) is 4. The van der Waals surface area contributed by atoms with Crippen LogP contribution >= 0.6 is 0 Å². The Kier molecular flexibility index (Phi) is 3.47. The molecule has 0 radical (unpaired) electrons. The van der Waals surface area contributed by atoms with Gasteiger partial charge in [-0.1, -0.05) is 0 Å². The van der Waals surface area contributed by atoms with Crippen LogP contribution in [0, 0.1) is 0 Å². The maximum absolute atomic E-state index is 12.1. The molecule has 1 N–H and O–H groups in total. The molecule has 2 atom stereocenters. The molecule has 1 saturated heterocycles. The standard InChI is InChI=1S/C12H16N2O4/c1-7-5-9(3-4-18-7)14-11(16)10(8(2)15)6-13-12(14)17/h6-7,9H,3-5H2,1-2H3,(H,13,17). The molecule has 0 saturated carbocycles. The van der Waals surface area contributed by atoms with Crippen molar-refractivity contribution in [3.63, 3.8) is 0 Å². The first-order valence-corrected chi connectivity index (χ1v) is 5.97. The summed E-state index contributed by atoms with van der Waals surface area (Å²) in [6.45, 7) is 3.73. The molecular formula is C12H16N2O4. The van der Waals surface area contributed by atoms with Crippen molar-refractivity contribution in [3.05, 3.63) is 32.6 Å². The van der Waals surface area contributed by atoms with Crippen molar-refractivity contribution in [1.29, 1.82) is 0 Å². The number of rotatable bonds is 2. The van der Waals surface area contributed by atoms with E-state index in [4.69, 9.17) is 4.74 Å². The van der Waals surface area contributed by atoms with Crippen molar-refractivity contribution in [2.75, 3.05) is 6.61 Å². The third kappa shape index (κ3) is 2.28. The zero-order valence-electron chi connectivity index (χ0n) is 10.4. The van der Waals surface area contributed by atoms with Gasteiger partial charge in [0.2, 0.25) is 0 Å². The number of ether oxygens (including phenoxy) is 1. The number of hydrogen-bond donors (Lipinski definition) is 1. The molecule has 0 bridgehead atoms. The predicted molar refractivity (Wildman–Crippen MR) is 65.0 cm³/mol. The number of carbonyl (C=O) groups excluding carboxylic acids is 1. The van der Waals surface area contributed by atoms with Crippen LogP contribution in [0.15, 0.2) is 15.8 Å². The molecule has 98 valence electrons. The van der Waals surface area contributed by atoms with Gasteiger partial charge in [-0.05, 0) is 26.7 Å². The van der Waals surface area contributed by atoms with E-state index in [-0.39, 0.29) is 23.5 Å². The van der Waals surface area contributed by atoms with Crippen LogP contribution in [0.25, 0.3) is 0 Å². The number of ketones is 1. The molecule has 1 fully saturated rings. The number of aromatic nitrogens is 2. The van der Waals surface area contributed by atoms with Crippen molar-refractivity contribution < 1.29 is 9.53 Å². The topological polar surface area (TPSA) is 81.2 Å². The summed E-state index contributed by atoms with van der Waals surface area (Å²) in [5.74, 6) is -0.342. The van der Waals surface area contributed by atoms with Crippen LogP contribution in [-0.4, -0.2) is 28.0 Å². The van der Waals surface area contributed by atoms with Gasteiger partial charge in [-0.3, -0.25) is 14.2 Å². The molecule has 1 aliphatic heterocycles. The molecular weight excluding hydrogens is 236 g/mol.